The van der Waals surface area contributed by atoms with E-state index in [1.165, 1.54) is 10.9 Å². The number of hydrogen-bond donors (Lipinski definition) is 0. The molecule has 0 aliphatic heterocycles. The lowest BCUT2D eigenvalue weighted by molar-refractivity contribution is 0.903. The summed E-state index contributed by atoms with van der Waals surface area (Å²) in [4.78, 5) is 30.5. The van der Waals surface area contributed by atoms with Crippen LogP contribution < -0.4 is 0 Å². The van der Waals surface area contributed by atoms with Crippen LogP contribution in [0.25, 0.3) is 107 Å². The molecular formula is C54H36N8. The summed E-state index contributed by atoms with van der Waals surface area (Å²) in [5.74, 6) is 3.70. The third-order valence-electron chi connectivity index (χ3n) is 11.7. The zero-order valence-electron chi connectivity index (χ0n) is 33.5. The second-order valence-corrected chi connectivity index (χ2v) is 15.5. The zero-order chi connectivity index (χ0) is 41.0. The maximum atomic E-state index is 5.27. The van der Waals surface area contributed by atoms with Crippen LogP contribution in [0.15, 0.2) is 188 Å². The Kier molecular flexibility index (Phi) is 8.45. The Morgan fingerprint density at radius 1 is 0.355 bits per heavy atom. The van der Waals surface area contributed by atoms with Gasteiger partial charge in [0, 0.05) is 49.7 Å². The van der Waals surface area contributed by atoms with Gasteiger partial charge in [0.2, 0.25) is 5.95 Å². The summed E-state index contributed by atoms with van der Waals surface area (Å²) in [5, 5.41) is 3.50. The molecule has 62 heavy (non-hydrogen) atoms. The van der Waals surface area contributed by atoms with Gasteiger partial charge in [-0.25, -0.2) is 19.9 Å². The number of fused-ring (bicyclic) bond motifs is 7. The molecule has 8 heteroatoms. The van der Waals surface area contributed by atoms with E-state index in [9.17, 15) is 0 Å². The van der Waals surface area contributed by atoms with Gasteiger partial charge in [-0.3, -0.25) is 4.57 Å². The Bertz CT molecular complexity index is 3370. The van der Waals surface area contributed by atoms with Crippen molar-refractivity contribution in [3.8, 4) is 68.6 Å². The molecule has 1 aliphatic rings. The summed E-state index contributed by atoms with van der Waals surface area (Å²) >= 11 is 0. The smallest absolute Gasteiger partial charge is 0.238 e. The molecule has 4 heterocycles. The van der Waals surface area contributed by atoms with Crippen molar-refractivity contribution >= 4 is 38.8 Å². The summed E-state index contributed by atoms with van der Waals surface area (Å²) in [5.41, 5.74) is 11.3. The molecule has 0 amide bonds. The van der Waals surface area contributed by atoms with Crippen LogP contribution in [-0.2, 0) is 6.42 Å². The molecular weight excluding hydrogens is 761 g/mol. The van der Waals surface area contributed by atoms with Gasteiger partial charge in [0.25, 0.3) is 0 Å². The minimum atomic E-state index is 0.577. The normalized spacial score (nSPS) is 12.3. The molecule has 0 saturated heterocycles. The Hall–Kier alpha value is -8.36. The molecule has 11 aromatic rings. The Morgan fingerprint density at radius 3 is 1.32 bits per heavy atom. The molecule has 0 radical (unpaired) electrons. The lowest BCUT2D eigenvalue weighted by atomic mass is 10.00. The highest BCUT2D eigenvalue weighted by atomic mass is 15.2. The molecule has 0 fully saturated rings. The largest absolute Gasteiger partial charge is 0.307 e. The number of para-hydroxylation sites is 1. The van der Waals surface area contributed by atoms with Crippen LogP contribution >= 0.6 is 0 Å². The van der Waals surface area contributed by atoms with Gasteiger partial charge in [0.15, 0.2) is 29.1 Å². The van der Waals surface area contributed by atoms with Gasteiger partial charge >= 0.3 is 0 Å². The maximum Gasteiger partial charge on any atom is 0.238 e. The molecule has 8 nitrogen and oxygen atoms in total. The van der Waals surface area contributed by atoms with Crippen molar-refractivity contribution < 1.29 is 0 Å². The predicted molar refractivity (Wildman–Crippen MR) is 249 cm³/mol. The van der Waals surface area contributed by atoms with Crippen molar-refractivity contribution in [1.29, 1.82) is 0 Å². The summed E-state index contributed by atoms with van der Waals surface area (Å²) in [6, 6.07) is 62.3. The van der Waals surface area contributed by atoms with Crippen LogP contribution in [0.2, 0.25) is 0 Å². The highest BCUT2D eigenvalue weighted by molar-refractivity contribution is 6.19. The summed E-state index contributed by atoms with van der Waals surface area (Å²) < 4.78 is 4.66. The second-order valence-electron chi connectivity index (χ2n) is 15.5. The first-order chi connectivity index (χ1) is 30.7. The van der Waals surface area contributed by atoms with E-state index in [0.717, 1.165) is 79.4 Å². The average molecular weight is 797 g/mol. The third-order valence-corrected chi connectivity index (χ3v) is 11.7. The molecule has 4 aromatic heterocycles. The van der Waals surface area contributed by atoms with Gasteiger partial charge in [0.05, 0.1) is 22.2 Å². The highest BCUT2D eigenvalue weighted by Crippen LogP contribution is 2.42. The number of allylic oxidation sites excluding steroid dienone is 1. The standard InChI is InChI=1S/C54H36N8/c1-5-17-35(18-6-1)49-55-50(36-19-7-2-8-20-36)57-51(56-49)39-29-31-40(32-30-39)61-45-27-15-13-25-41(45)43-33-34-44-42-26-14-16-28-46(42)62(48(44)47(43)61)54-59-52(37-21-9-3-10-22-37)58-53(60-54)38-23-11-4-12-24-38/h1-13,15-25,27-34H,14,26H2. The van der Waals surface area contributed by atoms with Crippen molar-refractivity contribution in [2.75, 3.05) is 0 Å². The minimum absolute atomic E-state index is 0.577. The molecule has 0 N–H and O–H groups in total. The predicted octanol–water partition coefficient (Wildman–Crippen LogP) is 12.4. The number of nitrogens with zero attached hydrogens (tertiary/aromatic N) is 8. The minimum Gasteiger partial charge on any atom is -0.307 e. The van der Waals surface area contributed by atoms with Crippen LogP contribution in [0, 0.1) is 0 Å². The lowest BCUT2D eigenvalue weighted by Crippen LogP contribution is -2.09. The molecule has 7 aromatic carbocycles. The second kappa shape index (κ2) is 14.7. The van der Waals surface area contributed by atoms with E-state index >= 15 is 0 Å². The van der Waals surface area contributed by atoms with Gasteiger partial charge in [-0.2, -0.15) is 9.97 Å². The summed E-state index contributed by atoms with van der Waals surface area (Å²) in [6.45, 7) is 0. The van der Waals surface area contributed by atoms with Crippen molar-refractivity contribution in [1.82, 2.24) is 39.0 Å². The molecule has 0 atom stereocenters. The van der Waals surface area contributed by atoms with Crippen LogP contribution in [0.1, 0.15) is 17.7 Å². The van der Waals surface area contributed by atoms with Crippen LogP contribution in [0.4, 0.5) is 0 Å². The Balaban J connectivity index is 1.09. The number of benzene rings is 7. The van der Waals surface area contributed by atoms with E-state index in [1.807, 2.05) is 97.1 Å². The monoisotopic (exact) mass is 796 g/mol. The van der Waals surface area contributed by atoms with Crippen LogP contribution in [-0.4, -0.2) is 39.0 Å². The number of hydrogen-bond acceptors (Lipinski definition) is 6. The van der Waals surface area contributed by atoms with Crippen LogP contribution in [0.5, 0.6) is 0 Å². The average Bonchev–Trinajstić information content (AvgIpc) is 3.88. The molecule has 0 spiro atoms. The third kappa shape index (κ3) is 5.99. The molecule has 0 bridgehead atoms. The van der Waals surface area contributed by atoms with E-state index in [1.54, 1.807) is 0 Å². The molecule has 1 aliphatic carbocycles. The van der Waals surface area contributed by atoms with E-state index in [4.69, 9.17) is 29.9 Å². The van der Waals surface area contributed by atoms with Gasteiger partial charge in [0.1, 0.15) is 0 Å². The topological polar surface area (TPSA) is 87.2 Å². The fraction of sp³-hybridized carbons (Fsp3) is 0.0370. The van der Waals surface area contributed by atoms with Crippen molar-refractivity contribution in [3.63, 3.8) is 0 Å². The number of aryl methyl sites for hydroxylation is 1. The Morgan fingerprint density at radius 2 is 0.790 bits per heavy atom. The van der Waals surface area contributed by atoms with E-state index < -0.39 is 0 Å². The fourth-order valence-electron chi connectivity index (χ4n) is 8.83. The molecule has 0 saturated carbocycles. The summed E-state index contributed by atoms with van der Waals surface area (Å²) in [6.07, 6.45) is 6.38. The molecule has 0 unspecified atom stereocenters. The molecule has 292 valence electrons. The lowest BCUT2D eigenvalue weighted by Gasteiger charge is -2.14. The first kappa shape index (κ1) is 35.6. The van der Waals surface area contributed by atoms with E-state index in [0.29, 0.717) is 35.1 Å². The number of aromatic nitrogens is 8. The van der Waals surface area contributed by atoms with E-state index in [-0.39, 0.29) is 0 Å². The quantitative estimate of drug-likeness (QED) is 0.160. The van der Waals surface area contributed by atoms with Crippen molar-refractivity contribution in [3.05, 3.63) is 199 Å². The van der Waals surface area contributed by atoms with Crippen molar-refractivity contribution in [2.45, 2.75) is 12.8 Å². The van der Waals surface area contributed by atoms with Crippen LogP contribution in [0.3, 0.4) is 0 Å². The van der Waals surface area contributed by atoms with Crippen molar-refractivity contribution in [2.24, 2.45) is 0 Å². The van der Waals surface area contributed by atoms with Gasteiger partial charge in [-0.15, -0.1) is 0 Å². The summed E-state index contributed by atoms with van der Waals surface area (Å²) in [7, 11) is 0. The highest BCUT2D eigenvalue weighted by Gasteiger charge is 2.26. The zero-order valence-corrected chi connectivity index (χ0v) is 33.5. The first-order valence-electron chi connectivity index (χ1n) is 20.9. The van der Waals surface area contributed by atoms with Gasteiger partial charge in [-0.05, 0) is 54.8 Å². The van der Waals surface area contributed by atoms with E-state index in [2.05, 4.69) is 106 Å². The van der Waals surface area contributed by atoms with Gasteiger partial charge in [-0.1, -0.05) is 158 Å². The Labute approximate surface area is 357 Å². The number of rotatable bonds is 7. The SMILES string of the molecule is C1=Cc2c(c3ccc4c5ccccc5n(-c5ccc(-c6nc(-c7ccccc7)nc(-c7ccccc7)n6)cc5)c4c3n2-c2nc(-c3ccccc3)nc(-c3ccccc3)n2)CC1. The molecule has 12 rings (SSSR count). The first-order valence-corrected chi connectivity index (χ1v) is 20.9. The van der Waals surface area contributed by atoms with Gasteiger partial charge < -0.3 is 4.57 Å². The fourth-order valence-corrected chi connectivity index (χ4v) is 8.83. The maximum absolute atomic E-state index is 5.27.